The molecule has 1 saturated heterocycles. The van der Waals surface area contributed by atoms with E-state index >= 15 is 0 Å². The Bertz CT molecular complexity index is 488. The van der Waals surface area contributed by atoms with Gasteiger partial charge in [-0.15, -0.1) is 0 Å². The first-order chi connectivity index (χ1) is 9.69. The van der Waals surface area contributed by atoms with E-state index in [1.165, 1.54) is 44.3 Å². The molecular formula is C17H25NO2. The van der Waals surface area contributed by atoms with Gasteiger partial charge < -0.3 is 14.4 Å². The minimum atomic E-state index is 0.326. The summed E-state index contributed by atoms with van der Waals surface area (Å²) in [4.78, 5) is 2.49. The maximum Gasteiger partial charge on any atom is 0.161 e. The van der Waals surface area contributed by atoms with Crippen molar-refractivity contribution < 1.29 is 9.47 Å². The molecule has 2 aliphatic rings. The zero-order chi connectivity index (χ0) is 14.2. The van der Waals surface area contributed by atoms with Crippen molar-refractivity contribution in [1.29, 1.82) is 0 Å². The molecule has 1 saturated carbocycles. The van der Waals surface area contributed by atoms with Gasteiger partial charge in [-0.2, -0.15) is 0 Å². The Kier molecular flexibility index (Phi) is 3.63. The number of hydrogen-bond acceptors (Lipinski definition) is 3. The highest BCUT2D eigenvalue weighted by Gasteiger charge is 2.47. The fourth-order valence-corrected chi connectivity index (χ4v) is 4.33. The summed E-state index contributed by atoms with van der Waals surface area (Å²) < 4.78 is 10.9. The third-order valence-corrected chi connectivity index (χ3v) is 5.25. The number of rotatable bonds is 3. The number of likely N-dealkylation sites (tertiary alicyclic amines) is 1. The smallest absolute Gasteiger partial charge is 0.161 e. The van der Waals surface area contributed by atoms with Crippen molar-refractivity contribution in [3.8, 4) is 11.5 Å². The molecule has 2 atom stereocenters. The summed E-state index contributed by atoms with van der Waals surface area (Å²) in [6.45, 7) is 2.40. The fraction of sp³-hybridized carbons (Fsp3) is 0.647. The lowest BCUT2D eigenvalue weighted by Crippen LogP contribution is -2.37. The topological polar surface area (TPSA) is 21.7 Å². The van der Waals surface area contributed by atoms with Gasteiger partial charge in [-0.3, -0.25) is 0 Å². The quantitative estimate of drug-likeness (QED) is 0.846. The maximum atomic E-state index is 5.50. The van der Waals surface area contributed by atoms with E-state index in [-0.39, 0.29) is 0 Å². The van der Waals surface area contributed by atoms with Crippen LogP contribution in [0.4, 0.5) is 0 Å². The molecule has 0 bridgehead atoms. The van der Waals surface area contributed by atoms with Gasteiger partial charge in [0.1, 0.15) is 0 Å². The fourth-order valence-electron chi connectivity index (χ4n) is 4.33. The number of fused-ring (bicyclic) bond motifs is 1. The number of ether oxygens (including phenoxy) is 2. The molecule has 3 nitrogen and oxygen atoms in total. The molecule has 1 aliphatic carbocycles. The first kappa shape index (κ1) is 13.7. The second-order valence-electron chi connectivity index (χ2n) is 6.37. The minimum Gasteiger partial charge on any atom is -0.493 e. The Morgan fingerprint density at radius 2 is 1.95 bits per heavy atom. The second kappa shape index (κ2) is 5.28. The van der Waals surface area contributed by atoms with Gasteiger partial charge in [0.05, 0.1) is 14.2 Å². The van der Waals surface area contributed by atoms with Crippen LogP contribution in [0.1, 0.15) is 31.2 Å². The standard InChI is InChI=1S/C17H25NO2/c1-18-11-14-6-4-5-9-17(14,12-18)13-7-8-15(19-2)16(10-13)20-3/h7-8,10,14H,4-6,9,11-12H2,1-3H3/t14-,17+/m1/s1. The number of benzene rings is 1. The largest absolute Gasteiger partial charge is 0.493 e. The molecule has 0 N–H and O–H groups in total. The van der Waals surface area contributed by atoms with Crippen LogP contribution in [0, 0.1) is 5.92 Å². The van der Waals surface area contributed by atoms with E-state index < -0.39 is 0 Å². The third kappa shape index (κ3) is 2.08. The summed E-state index contributed by atoms with van der Waals surface area (Å²) in [6.07, 6.45) is 5.39. The Morgan fingerprint density at radius 3 is 2.70 bits per heavy atom. The summed E-state index contributed by atoms with van der Waals surface area (Å²) >= 11 is 0. The van der Waals surface area contributed by atoms with E-state index in [2.05, 4.69) is 30.1 Å². The number of hydrogen-bond donors (Lipinski definition) is 0. The predicted molar refractivity (Wildman–Crippen MR) is 80.7 cm³/mol. The summed E-state index contributed by atoms with van der Waals surface area (Å²) in [5.41, 5.74) is 1.76. The van der Waals surface area contributed by atoms with E-state index in [1.807, 2.05) is 0 Å². The normalized spacial score (nSPS) is 30.1. The van der Waals surface area contributed by atoms with Crippen LogP contribution in [0.3, 0.4) is 0 Å². The lowest BCUT2D eigenvalue weighted by Gasteiger charge is -2.39. The lowest BCUT2D eigenvalue weighted by atomic mass is 9.64. The SMILES string of the molecule is COc1ccc([C@@]23CCCC[C@@H]2CN(C)C3)cc1OC. The van der Waals surface area contributed by atoms with E-state index in [9.17, 15) is 0 Å². The van der Waals surface area contributed by atoms with Gasteiger partial charge in [0.15, 0.2) is 11.5 Å². The van der Waals surface area contributed by atoms with E-state index in [4.69, 9.17) is 9.47 Å². The number of methoxy groups -OCH3 is 2. The van der Waals surface area contributed by atoms with Gasteiger partial charge >= 0.3 is 0 Å². The molecule has 0 spiro atoms. The zero-order valence-electron chi connectivity index (χ0n) is 12.8. The van der Waals surface area contributed by atoms with Gasteiger partial charge in [-0.25, -0.2) is 0 Å². The van der Waals surface area contributed by atoms with Gasteiger partial charge in [0.2, 0.25) is 0 Å². The van der Waals surface area contributed by atoms with Crippen molar-refractivity contribution in [1.82, 2.24) is 4.90 Å². The average Bonchev–Trinajstić information content (AvgIpc) is 2.83. The van der Waals surface area contributed by atoms with Crippen molar-refractivity contribution >= 4 is 0 Å². The van der Waals surface area contributed by atoms with Gasteiger partial charge in [-0.1, -0.05) is 18.9 Å². The zero-order valence-corrected chi connectivity index (χ0v) is 12.8. The minimum absolute atomic E-state index is 0.326. The Hall–Kier alpha value is -1.22. The second-order valence-corrected chi connectivity index (χ2v) is 6.37. The highest BCUT2D eigenvalue weighted by atomic mass is 16.5. The molecule has 3 rings (SSSR count). The van der Waals surface area contributed by atoms with E-state index in [0.717, 1.165) is 17.4 Å². The lowest BCUT2D eigenvalue weighted by molar-refractivity contribution is 0.240. The summed E-state index contributed by atoms with van der Waals surface area (Å²) in [5.74, 6) is 2.48. The predicted octanol–water partition coefficient (Wildman–Crippen LogP) is 3.08. The molecule has 0 unspecified atom stereocenters. The molecule has 1 aromatic rings. The molecule has 2 fully saturated rings. The van der Waals surface area contributed by atoms with Crippen LogP contribution in [0.2, 0.25) is 0 Å². The molecule has 1 heterocycles. The van der Waals surface area contributed by atoms with Gasteiger partial charge in [0, 0.05) is 18.5 Å². The number of likely N-dealkylation sites (N-methyl/N-ethyl adjacent to an activating group) is 1. The summed E-state index contributed by atoms with van der Waals surface area (Å²) in [6, 6.07) is 6.52. The third-order valence-electron chi connectivity index (χ3n) is 5.25. The Labute approximate surface area is 121 Å². The van der Waals surface area contributed by atoms with Crippen LogP contribution in [0.5, 0.6) is 11.5 Å². The van der Waals surface area contributed by atoms with Crippen LogP contribution in [-0.4, -0.2) is 39.3 Å². The van der Waals surface area contributed by atoms with E-state index in [0.29, 0.717) is 5.41 Å². The highest BCUT2D eigenvalue weighted by Crippen LogP contribution is 2.49. The molecule has 1 aromatic carbocycles. The Balaban J connectivity index is 2.01. The van der Waals surface area contributed by atoms with Gasteiger partial charge in [-0.05, 0) is 43.5 Å². The molecule has 1 aliphatic heterocycles. The van der Waals surface area contributed by atoms with Crippen LogP contribution < -0.4 is 9.47 Å². The molecule has 0 aromatic heterocycles. The molecular weight excluding hydrogens is 250 g/mol. The summed E-state index contributed by atoms with van der Waals surface area (Å²) in [7, 11) is 5.67. The monoisotopic (exact) mass is 275 g/mol. The van der Waals surface area contributed by atoms with E-state index in [1.54, 1.807) is 14.2 Å². The molecule has 0 amide bonds. The molecule has 0 radical (unpaired) electrons. The first-order valence-corrected chi connectivity index (χ1v) is 7.60. The maximum absolute atomic E-state index is 5.50. The average molecular weight is 275 g/mol. The van der Waals surface area contributed by atoms with Gasteiger partial charge in [0.25, 0.3) is 0 Å². The van der Waals surface area contributed by atoms with Crippen LogP contribution in [0.15, 0.2) is 18.2 Å². The summed E-state index contributed by atoms with van der Waals surface area (Å²) in [5, 5.41) is 0. The van der Waals surface area contributed by atoms with Crippen LogP contribution in [-0.2, 0) is 5.41 Å². The van der Waals surface area contributed by atoms with Crippen LogP contribution in [0.25, 0.3) is 0 Å². The Morgan fingerprint density at radius 1 is 1.15 bits per heavy atom. The molecule has 110 valence electrons. The van der Waals surface area contributed by atoms with Crippen LogP contribution >= 0.6 is 0 Å². The van der Waals surface area contributed by atoms with Crippen molar-refractivity contribution in [2.24, 2.45) is 5.92 Å². The van der Waals surface area contributed by atoms with Crippen molar-refractivity contribution in [2.75, 3.05) is 34.4 Å². The van der Waals surface area contributed by atoms with Crippen molar-refractivity contribution in [3.05, 3.63) is 23.8 Å². The van der Waals surface area contributed by atoms with Crippen molar-refractivity contribution in [2.45, 2.75) is 31.1 Å². The first-order valence-electron chi connectivity index (χ1n) is 7.60. The highest BCUT2D eigenvalue weighted by molar-refractivity contribution is 5.46. The number of nitrogens with zero attached hydrogens (tertiary/aromatic N) is 1. The molecule has 3 heteroatoms. The molecule has 20 heavy (non-hydrogen) atoms. The van der Waals surface area contributed by atoms with Crippen molar-refractivity contribution in [3.63, 3.8) is 0 Å².